The highest BCUT2D eigenvalue weighted by Gasteiger charge is 2.34. The van der Waals surface area contributed by atoms with Gasteiger partial charge >= 0.3 is 23.9 Å². The lowest BCUT2D eigenvalue weighted by molar-refractivity contribution is -0.145. The maximum Gasteiger partial charge on any atom is 0.326 e. The van der Waals surface area contributed by atoms with Crippen LogP contribution in [-0.2, 0) is 92.5 Å². The number of nitrogens with two attached hydrogens (primary N) is 1. The van der Waals surface area contributed by atoms with Crippen molar-refractivity contribution in [2.45, 2.75) is 283 Å². The fourth-order valence-electron chi connectivity index (χ4n) is 11.9. The van der Waals surface area contributed by atoms with Crippen LogP contribution < -0.4 is 27.0 Å². The second-order valence-corrected chi connectivity index (χ2v) is 28.1. The molecule has 30 nitrogen and oxygen atoms in total. The topological polar surface area (TPSA) is 480 Å². The SMILES string of the molecule is CC(=O)[C@@H](CCC(=O)[C@H](CCCCNC(=O)CC[C@H](NC(=O)CC[C@H](CC(=O)COCCOCCNC(=O)COCCOCCCC(=O)CC[C@H](NC(=O)CCCCCCCCCCCCCCCCCCC(=O)O)C(=O)O)C(=O)O)C(=O)O)CCC(=O)C(C)(C)CC(=O)[C@@H](N)Cc1cnc[nH]1)[C@@H](C)O. The van der Waals surface area contributed by atoms with E-state index in [0.29, 0.717) is 37.8 Å². The summed E-state index contributed by atoms with van der Waals surface area (Å²) in [6.45, 7) is 6.32. The molecule has 30 heteroatoms. The lowest BCUT2D eigenvalue weighted by Crippen LogP contribution is -2.42. The Morgan fingerprint density at radius 2 is 1.00 bits per heavy atom. The lowest BCUT2D eigenvalue weighted by Gasteiger charge is -2.25. The van der Waals surface area contributed by atoms with Crippen LogP contribution in [0.2, 0.25) is 0 Å². The largest absolute Gasteiger partial charge is 0.481 e. The van der Waals surface area contributed by atoms with Crippen molar-refractivity contribution in [3.8, 4) is 0 Å². The molecular weight excluding hydrogens is 1370 g/mol. The first-order valence-corrected chi connectivity index (χ1v) is 37.9. The number of aromatic amines is 1. The number of hydrogen-bond acceptors (Lipinski definition) is 21. The van der Waals surface area contributed by atoms with Crippen LogP contribution in [0.1, 0.15) is 258 Å². The molecular formula is C75H125N7O23. The van der Waals surface area contributed by atoms with Crippen LogP contribution >= 0.6 is 0 Å². The average molecular weight is 1490 g/mol. The number of hydrogen-bond donors (Lipinski definition) is 11. The van der Waals surface area contributed by atoms with Gasteiger partial charge in [-0.1, -0.05) is 110 Å². The second-order valence-electron chi connectivity index (χ2n) is 28.1. The molecule has 0 aliphatic carbocycles. The minimum absolute atomic E-state index is 0.00355. The van der Waals surface area contributed by atoms with E-state index in [-0.39, 0.29) is 184 Å². The molecule has 0 saturated carbocycles. The standard InChI is InChI=1S/C75H125N7O23/c1-53(83)60(54(2)84)31-34-64(87)55(28-35-66(89)75(3,4)48-65(88)61(76)47-57-49-77-52-80-57)24-21-22-38-78-67(90)37-33-63(74(100)101)82-69(92)36-29-56(72(96)97)46-59(86)50-104-44-43-103-41-39-79-70(93)51-105-45-42-102-40-23-25-58(85)30-32-62(73(98)99)81-68(91)26-19-17-15-13-11-9-7-5-6-8-10-12-14-16-18-20-27-71(94)95/h49,52-53,55-56,60-63,83H,5-48,50-51,76H2,1-4H3,(H,77,80)(H,78,90)(H,79,93)(H,81,91)(H,82,92)(H,94,95)(H,96,97)(H,98,99)(H,100,101)/t53-,55-,56-,60+,61+,62+,63+/m1/s1. The number of rotatable bonds is 72. The summed E-state index contributed by atoms with van der Waals surface area (Å²) in [5.74, 6) is -11.1. The number of ketones is 6. The fraction of sp³-hybridized carbons (Fsp3) is 0.773. The Kier molecular flexibility index (Phi) is 53.7. The first-order valence-electron chi connectivity index (χ1n) is 37.9. The number of carboxylic acids is 4. The molecule has 1 heterocycles. The molecule has 1 rings (SSSR count). The quantitative estimate of drug-likeness (QED) is 0.0286. The number of aliphatic hydroxyl groups excluding tert-OH is 1. The molecule has 7 atom stereocenters. The molecule has 105 heavy (non-hydrogen) atoms. The highest BCUT2D eigenvalue weighted by Crippen LogP contribution is 2.29. The van der Waals surface area contributed by atoms with E-state index in [2.05, 4.69) is 31.2 Å². The number of ether oxygens (including phenoxy) is 4. The summed E-state index contributed by atoms with van der Waals surface area (Å²) >= 11 is 0. The third kappa shape index (κ3) is 50.8. The second kappa shape index (κ2) is 58.9. The summed E-state index contributed by atoms with van der Waals surface area (Å²) in [4.78, 5) is 181. The maximum absolute atomic E-state index is 13.6. The summed E-state index contributed by atoms with van der Waals surface area (Å²) in [5, 5.41) is 58.1. The molecule has 4 amide bonds. The zero-order chi connectivity index (χ0) is 78.2. The van der Waals surface area contributed by atoms with Crippen molar-refractivity contribution >= 4 is 82.2 Å². The summed E-state index contributed by atoms with van der Waals surface area (Å²) < 4.78 is 21.5. The Morgan fingerprint density at radius 1 is 0.486 bits per heavy atom. The van der Waals surface area contributed by atoms with Crippen LogP contribution in [0, 0.1) is 23.2 Å². The Balaban J connectivity index is 2.25. The van der Waals surface area contributed by atoms with Gasteiger partial charge in [0.05, 0.1) is 57.4 Å². The fourth-order valence-corrected chi connectivity index (χ4v) is 11.9. The summed E-state index contributed by atoms with van der Waals surface area (Å²) in [6.07, 6.45) is 20.3. The number of carbonyl (C=O) groups is 14. The van der Waals surface area contributed by atoms with Gasteiger partial charge < -0.3 is 76.5 Å². The predicted octanol–water partition coefficient (Wildman–Crippen LogP) is 7.23. The van der Waals surface area contributed by atoms with Crippen molar-refractivity contribution in [2.24, 2.45) is 28.9 Å². The van der Waals surface area contributed by atoms with Crippen LogP contribution in [0.5, 0.6) is 0 Å². The number of carboxylic acid groups (broad SMARTS) is 4. The van der Waals surface area contributed by atoms with Gasteiger partial charge in [0.25, 0.3) is 0 Å². The van der Waals surface area contributed by atoms with Gasteiger partial charge in [-0.25, -0.2) is 14.6 Å². The first-order chi connectivity index (χ1) is 50.0. The lowest BCUT2D eigenvalue weighted by atomic mass is 9.78. The van der Waals surface area contributed by atoms with Crippen molar-refractivity contribution in [3.05, 3.63) is 18.2 Å². The number of H-pyrrole nitrogens is 1. The number of imidazole rings is 1. The zero-order valence-corrected chi connectivity index (χ0v) is 62.8. The molecule has 12 N–H and O–H groups in total. The van der Waals surface area contributed by atoms with Crippen molar-refractivity contribution in [1.29, 1.82) is 0 Å². The number of aromatic nitrogens is 2. The minimum atomic E-state index is -1.49. The molecule has 0 spiro atoms. The van der Waals surface area contributed by atoms with Gasteiger partial charge in [-0.2, -0.15) is 0 Å². The van der Waals surface area contributed by atoms with Gasteiger partial charge in [-0.15, -0.1) is 0 Å². The molecule has 0 saturated heterocycles. The molecule has 1 aromatic rings. The van der Waals surface area contributed by atoms with Crippen molar-refractivity contribution in [1.82, 2.24) is 31.2 Å². The average Bonchev–Trinajstić information content (AvgIpc) is 1.45. The molecule has 598 valence electrons. The number of carbonyl (C=O) groups excluding carboxylic acids is 10. The molecule has 0 unspecified atom stereocenters. The molecule has 0 aliphatic heterocycles. The van der Waals surface area contributed by atoms with E-state index in [9.17, 15) is 87.5 Å². The van der Waals surface area contributed by atoms with Crippen LogP contribution in [0.25, 0.3) is 0 Å². The van der Waals surface area contributed by atoms with E-state index in [1.54, 1.807) is 20.0 Å². The Morgan fingerprint density at radius 3 is 1.54 bits per heavy atom. The van der Waals surface area contributed by atoms with E-state index < -0.39 is 114 Å². The van der Waals surface area contributed by atoms with E-state index in [0.717, 1.165) is 44.9 Å². The Bertz CT molecular complexity index is 2740. The van der Waals surface area contributed by atoms with Gasteiger partial charge in [0.15, 0.2) is 11.6 Å². The molecule has 0 aliphatic rings. The number of unbranched alkanes of at least 4 members (excludes halogenated alkanes) is 16. The molecule has 1 aromatic heterocycles. The van der Waals surface area contributed by atoms with Crippen molar-refractivity contribution < 1.29 is 112 Å². The third-order valence-corrected chi connectivity index (χ3v) is 18.3. The molecule has 0 fully saturated rings. The first kappa shape index (κ1) is 95.8. The number of aliphatic carboxylic acids is 4. The van der Waals surface area contributed by atoms with Crippen LogP contribution in [-0.4, -0.2) is 208 Å². The van der Waals surface area contributed by atoms with Crippen molar-refractivity contribution in [3.63, 3.8) is 0 Å². The van der Waals surface area contributed by atoms with Gasteiger partial charge in [0, 0.05) is 119 Å². The minimum Gasteiger partial charge on any atom is -0.481 e. The Labute approximate surface area is 618 Å². The highest BCUT2D eigenvalue weighted by molar-refractivity contribution is 5.93. The summed E-state index contributed by atoms with van der Waals surface area (Å²) in [6, 6.07) is -3.50. The van der Waals surface area contributed by atoms with E-state index >= 15 is 0 Å². The van der Waals surface area contributed by atoms with E-state index in [4.69, 9.17) is 29.8 Å². The van der Waals surface area contributed by atoms with E-state index in [1.165, 1.54) is 71.5 Å². The number of nitrogens with zero attached hydrogens (tertiary/aromatic N) is 1. The van der Waals surface area contributed by atoms with Crippen molar-refractivity contribution in [2.75, 3.05) is 65.9 Å². The number of aliphatic hydroxyl groups is 1. The predicted molar refractivity (Wildman–Crippen MR) is 387 cm³/mol. The third-order valence-electron chi connectivity index (χ3n) is 18.3. The molecule has 0 aromatic carbocycles. The van der Waals surface area contributed by atoms with Gasteiger partial charge in [-0.05, 0) is 78.1 Å². The van der Waals surface area contributed by atoms with Crippen LogP contribution in [0.3, 0.4) is 0 Å². The normalized spacial score (nSPS) is 13.5. The van der Waals surface area contributed by atoms with Gasteiger partial charge in [0.2, 0.25) is 23.6 Å². The number of amides is 4. The summed E-state index contributed by atoms with van der Waals surface area (Å²) in [5.41, 5.74) is 5.73. The van der Waals surface area contributed by atoms with E-state index in [1.807, 2.05) is 0 Å². The molecule has 0 bridgehead atoms. The monoisotopic (exact) mass is 1490 g/mol. The number of Topliss-reactive ketones (excluding diaryl/α,β-unsaturated/α-hetero) is 6. The van der Waals surface area contributed by atoms with Gasteiger partial charge in [0.1, 0.15) is 48.4 Å². The smallest absolute Gasteiger partial charge is 0.326 e. The highest BCUT2D eigenvalue weighted by atomic mass is 16.5. The summed E-state index contributed by atoms with van der Waals surface area (Å²) in [7, 11) is 0. The molecule has 0 radical (unpaired) electrons. The Hall–Kier alpha value is -7.25. The zero-order valence-electron chi connectivity index (χ0n) is 62.8. The van der Waals surface area contributed by atoms with Crippen LogP contribution in [0.4, 0.5) is 0 Å². The number of nitrogens with one attached hydrogen (secondary N) is 5. The van der Waals surface area contributed by atoms with Crippen LogP contribution in [0.15, 0.2) is 12.5 Å². The van der Waals surface area contributed by atoms with Gasteiger partial charge in [-0.3, -0.25) is 57.5 Å². The maximum atomic E-state index is 13.6.